The summed E-state index contributed by atoms with van der Waals surface area (Å²) in [4.78, 5) is 21.0. The van der Waals surface area contributed by atoms with E-state index in [1.54, 1.807) is 13.1 Å². The van der Waals surface area contributed by atoms with Gasteiger partial charge in [-0.2, -0.15) is 0 Å². The van der Waals surface area contributed by atoms with Crippen molar-refractivity contribution in [3.63, 3.8) is 0 Å². The largest absolute Gasteiger partial charge is 0.364 e. The number of aromatic nitrogens is 3. The number of fused-ring (bicyclic) bond motifs is 1. The lowest BCUT2D eigenvalue weighted by Crippen LogP contribution is -2.22. The SMILES string of the molecule is Cn1cnc2cc(C3=CCNCC3)nc(NCC(F)F)c2c1=O. The second kappa shape index (κ2) is 6.41. The van der Waals surface area contributed by atoms with Gasteiger partial charge in [0, 0.05) is 13.6 Å². The van der Waals surface area contributed by atoms with Crippen molar-refractivity contribution in [2.45, 2.75) is 12.8 Å². The second-order valence-electron chi connectivity index (χ2n) is 5.37. The van der Waals surface area contributed by atoms with Gasteiger partial charge >= 0.3 is 0 Å². The zero-order valence-corrected chi connectivity index (χ0v) is 12.6. The van der Waals surface area contributed by atoms with E-state index in [0.29, 0.717) is 11.2 Å². The third-order valence-corrected chi connectivity index (χ3v) is 3.72. The molecule has 3 rings (SSSR count). The van der Waals surface area contributed by atoms with Gasteiger partial charge in [0.15, 0.2) is 0 Å². The molecule has 0 fully saturated rings. The lowest BCUT2D eigenvalue weighted by molar-refractivity contribution is 0.163. The number of hydrogen-bond acceptors (Lipinski definition) is 5. The van der Waals surface area contributed by atoms with E-state index in [2.05, 4.69) is 20.6 Å². The summed E-state index contributed by atoms with van der Waals surface area (Å²) in [7, 11) is 1.56. The molecule has 0 aromatic carbocycles. The molecule has 0 spiro atoms. The summed E-state index contributed by atoms with van der Waals surface area (Å²) in [6.07, 6.45) is 1.68. The van der Waals surface area contributed by atoms with Crippen molar-refractivity contribution in [1.29, 1.82) is 0 Å². The fraction of sp³-hybridized carbons (Fsp3) is 0.400. The Bertz CT molecular complexity index is 815. The van der Waals surface area contributed by atoms with E-state index in [4.69, 9.17) is 0 Å². The minimum Gasteiger partial charge on any atom is -0.364 e. The number of nitrogens with zero attached hydrogens (tertiary/aromatic N) is 3. The van der Waals surface area contributed by atoms with Crippen molar-refractivity contribution >= 4 is 22.3 Å². The highest BCUT2D eigenvalue weighted by Gasteiger charge is 2.16. The number of aryl methyl sites for hydroxylation is 1. The first-order valence-electron chi connectivity index (χ1n) is 7.35. The number of alkyl halides is 2. The van der Waals surface area contributed by atoms with Crippen LogP contribution in [0.4, 0.5) is 14.6 Å². The molecule has 0 saturated heterocycles. The Labute approximate surface area is 131 Å². The maximum atomic E-state index is 12.5. The molecule has 0 radical (unpaired) electrons. The Hall–Kier alpha value is -2.35. The molecule has 23 heavy (non-hydrogen) atoms. The van der Waals surface area contributed by atoms with Crippen molar-refractivity contribution in [2.24, 2.45) is 7.05 Å². The van der Waals surface area contributed by atoms with E-state index < -0.39 is 13.0 Å². The van der Waals surface area contributed by atoms with Gasteiger partial charge in [0.25, 0.3) is 12.0 Å². The Kier molecular flexibility index (Phi) is 4.33. The van der Waals surface area contributed by atoms with Crippen molar-refractivity contribution in [3.8, 4) is 0 Å². The summed E-state index contributed by atoms with van der Waals surface area (Å²) < 4.78 is 26.4. The van der Waals surface area contributed by atoms with Gasteiger partial charge in [-0.25, -0.2) is 18.7 Å². The molecule has 1 aliphatic rings. The van der Waals surface area contributed by atoms with Crippen molar-refractivity contribution in [2.75, 3.05) is 25.0 Å². The maximum absolute atomic E-state index is 12.5. The number of anilines is 1. The molecule has 0 amide bonds. The molecule has 1 aliphatic heterocycles. The van der Waals surface area contributed by atoms with E-state index in [-0.39, 0.29) is 16.8 Å². The van der Waals surface area contributed by atoms with Gasteiger partial charge in [-0.05, 0) is 24.6 Å². The second-order valence-corrected chi connectivity index (χ2v) is 5.37. The molecular weight excluding hydrogens is 304 g/mol. The molecule has 0 atom stereocenters. The molecule has 122 valence electrons. The van der Waals surface area contributed by atoms with Gasteiger partial charge in [-0.15, -0.1) is 0 Å². The predicted molar refractivity (Wildman–Crippen MR) is 84.7 cm³/mol. The van der Waals surface area contributed by atoms with Gasteiger partial charge in [-0.3, -0.25) is 4.79 Å². The van der Waals surface area contributed by atoms with E-state index in [1.165, 1.54) is 10.9 Å². The fourth-order valence-corrected chi connectivity index (χ4v) is 2.54. The average Bonchev–Trinajstić information content (AvgIpc) is 2.56. The van der Waals surface area contributed by atoms with Gasteiger partial charge in [-0.1, -0.05) is 6.08 Å². The van der Waals surface area contributed by atoms with Crippen LogP contribution in [0, 0.1) is 0 Å². The zero-order chi connectivity index (χ0) is 16.4. The molecule has 2 aromatic rings. The molecule has 2 aromatic heterocycles. The van der Waals surface area contributed by atoms with Gasteiger partial charge < -0.3 is 15.2 Å². The molecule has 6 nitrogen and oxygen atoms in total. The van der Waals surface area contributed by atoms with Crippen molar-refractivity contribution in [1.82, 2.24) is 19.9 Å². The topological polar surface area (TPSA) is 71.8 Å². The maximum Gasteiger partial charge on any atom is 0.264 e. The van der Waals surface area contributed by atoms with Crippen LogP contribution in [0.3, 0.4) is 0 Å². The van der Waals surface area contributed by atoms with Crippen molar-refractivity contribution in [3.05, 3.63) is 34.5 Å². The molecule has 0 unspecified atom stereocenters. The minimum atomic E-state index is -2.53. The first kappa shape index (κ1) is 15.5. The Morgan fingerprint density at radius 1 is 1.48 bits per heavy atom. The minimum absolute atomic E-state index is 0.158. The molecule has 3 heterocycles. The van der Waals surface area contributed by atoms with Crippen LogP contribution in [-0.2, 0) is 7.05 Å². The van der Waals surface area contributed by atoms with Crippen LogP contribution in [0.2, 0.25) is 0 Å². The number of halogens is 2. The summed E-state index contributed by atoms with van der Waals surface area (Å²) >= 11 is 0. The highest BCUT2D eigenvalue weighted by Crippen LogP contribution is 2.24. The quantitative estimate of drug-likeness (QED) is 0.890. The van der Waals surface area contributed by atoms with Gasteiger partial charge in [0.2, 0.25) is 0 Å². The fourth-order valence-electron chi connectivity index (χ4n) is 2.54. The van der Waals surface area contributed by atoms with E-state index >= 15 is 0 Å². The Balaban J connectivity index is 2.15. The number of rotatable bonds is 4. The normalized spacial score (nSPS) is 15.0. The monoisotopic (exact) mass is 321 g/mol. The summed E-state index contributed by atoms with van der Waals surface area (Å²) in [6.45, 7) is 0.998. The Morgan fingerprint density at radius 3 is 3.00 bits per heavy atom. The van der Waals surface area contributed by atoms with Crippen LogP contribution in [0.5, 0.6) is 0 Å². The van der Waals surface area contributed by atoms with Gasteiger partial charge in [0.05, 0.1) is 24.1 Å². The van der Waals surface area contributed by atoms with Crippen LogP contribution >= 0.6 is 0 Å². The zero-order valence-electron chi connectivity index (χ0n) is 12.6. The third-order valence-electron chi connectivity index (χ3n) is 3.72. The summed E-state index contributed by atoms with van der Waals surface area (Å²) in [6, 6.07) is 1.74. The van der Waals surface area contributed by atoms with Crippen LogP contribution < -0.4 is 16.2 Å². The number of pyridine rings is 1. The van der Waals surface area contributed by atoms with Crippen molar-refractivity contribution < 1.29 is 8.78 Å². The molecule has 0 aliphatic carbocycles. The van der Waals surface area contributed by atoms with Gasteiger partial charge in [0.1, 0.15) is 11.2 Å². The molecule has 0 bridgehead atoms. The van der Waals surface area contributed by atoms with Crippen LogP contribution in [0.1, 0.15) is 12.1 Å². The predicted octanol–water partition coefficient (Wildman–Crippen LogP) is 1.38. The smallest absolute Gasteiger partial charge is 0.264 e. The lowest BCUT2D eigenvalue weighted by Gasteiger charge is -2.16. The van der Waals surface area contributed by atoms with Crippen LogP contribution in [-0.4, -0.2) is 40.6 Å². The average molecular weight is 321 g/mol. The molecule has 2 N–H and O–H groups in total. The highest BCUT2D eigenvalue weighted by atomic mass is 19.3. The Morgan fingerprint density at radius 2 is 2.30 bits per heavy atom. The highest BCUT2D eigenvalue weighted by molar-refractivity contribution is 5.90. The third kappa shape index (κ3) is 3.21. The molecule has 0 saturated carbocycles. The molecular formula is C15H17F2N5O. The van der Waals surface area contributed by atoms with E-state index in [9.17, 15) is 13.6 Å². The molecule has 8 heteroatoms. The number of nitrogens with one attached hydrogen (secondary N) is 2. The van der Waals surface area contributed by atoms with E-state index in [1.807, 2.05) is 6.08 Å². The first-order chi connectivity index (χ1) is 11.1. The summed E-state index contributed by atoms with van der Waals surface area (Å²) in [5.41, 5.74) is 1.82. The number of hydrogen-bond donors (Lipinski definition) is 2. The summed E-state index contributed by atoms with van der Waals surface area (Å²) in [5, 5.41) is 6.01. The van der Waals surface area contributed by atoms with Crippen LogP contribution in [0.15, 0.2) is 23.3 Å². The standard InChI is InChI=1S/C15H17F2N5O/c1-22-8-20-11-6-10(9-2-4-18-5-3-9)21-14(13(11)15(22)23)19-7-12(16)17/h2,6,8,12,18H,3-5,7H2,1H3,(H,19,21). The van der Waals surface area contributed by atoms with Crippen LogP contribution in [0.25, 0.3) is 16.5 Å². The first-order valence-corrected chi connectivity index (χ1v) is 7.35. The summed E-state index contributed by atoms with van der Waals surface area (Å²) in [5.74, 6) is 0.158. The van der Waals surface area contributed by atoms with E-state index in [0.717, 1.165) is 25.1 Å². The lowest BCUT2D eigenvalue weighted by atomic mass is 10.0.